The number of hydrogen-bond donors (Lipinski definition) is 0. The third kappa shape index (κ3) is 1.57. The van der Waals surface area contributed by atoms with Crippen LogP contribution in [0.4, 0.5) is 0 Å². The van der Waals surface area contributed by atoms with Crippen molar-refractivity contribution < 1.29 is 0 Å². The first-order valence-electron chi connectivity index (χ1n) is 3.62. The maximum atomic E-state index is 5.82. The van der Waals surface area contributed by atoms with Gasteiger partial charge in [0.1, 0.15) is 5.52 Å². The van der Waals surface area contributed by atoms with E-state index >= 15 is 0 Å². The summed E-state index contributed by atoms with van der Waals surface area (Å²) >= 11 is 11.5. The standard InChI is InChI=1S/C8H5Cl2N3/c1-4-2-5-6(11-3-4)7(9)13-8(10)12-5/h2-3H,1H3. The van der Waals surface area contributed by atoms with E-state index in [1.54, 1.807) is 6.20 Å². The van der Waals surface area contributed by atoms with Crippen molar-refractivity contribution >= 4 is 34.2 Å². The molecule has 0 saturated heterocycles. The fourth-order valence-corrected chi connectivity index (χ4v) is 1.50. The highest BCUT2D eigenvalue weighted by atomic mass is 35.5. The van der Waals surface area contributed by atoms with Crippen molar-refractivity contribution in [3.63, 3.8) is 0 Å². The van der Waals surface area contributed by atoms with E-state index in [0.29, 0.717) is 11.0 Å². The molecule has 5 heteroatoms. The van der Waals surface area contributed by atoms with Gasteiger partial charge >= 0.3 is 0 Å². The van der Waals surface area contributed by atoms with Crippen molar-refractivity contribution in [2.24, 2.45) is 0 Å². The summed E-state index contributed by atoms with van der Waals surface area (Å²) in [5.41, 5.74) is 2.26. The second-order valence-corrected chi connectivity index (χ2v) is 3.36. The second kappa shape index (κ2) is 3.09. The van der Waals surface area contributed by atoms with E-state index in [2.05, 4.69) is 15.0 Å². The molecule has 0 bridgehead atoms. The Bertz CT molecular complexity index is 465. The maximum Gasteiger partial charge on any atom is 0.224 e. The van der Waals surface area contributed by atoms with Crippen molar-refractivity contribution in [2.45, 2.75) is 6.92 Å². The Hall–Kier alpha value is -0.930. The minimum Gasteiger partial charge on any atom is -0.251 e. The molecule has 2 rings (SSSR count). The number of pyridine rings is 1. The normalized spacial score (nSPS) is 10.7. The van der Waals surface area contributed by atoms with Crippen LogP contribution in [0.25, 0.3) is 11.0 Å². The molecule has 3 nitrogen and oxygen atoms in total. The van der Waals surface area contributed by atoms with Crippen molar-refractivity contribution in [2.75, 3.05) is 0 Å². The molecule has 0 amide bonds. The van der Waals surface area contributed by atoms with Crippen LogP contribution >= 0.6 is 23.2 Å². The van der Waals surface area contributed by atoms with E-state index in [9.17, 15) is 0 Å². The van der Waals surface area contributed by atoms with Crippen molar-refractivity contribution in [3.8, 4) is 0 Å². The largest absolute Gasteiger partial charge is 0.251 e. The molecule has 0 aliphatic carbocycles. The topological polar surface area (TPSA) is 38.7 Å². The van der Waals surface area contributed by atoms with Gasteiger partial charge in [0, 0.05) is 6.20 Å². The molecule has 0 unspecified atom stereocenters. The van der Waals surface area contributed by atoms with Gasteiger partial charge in [-0.15, -0.1) is 0 Å². The molecule has 66 valence electrons. The summed E-state index contributed by atoms with van der Waals surface area (Å²) in [6, 6.07) is 1.86. The Kier molecular flexibility index (Phi) is 2.06. The summed E-state index contributed by atoms with van der Waals surface area (Å²) in [6.07, 6.45) is 1.71. The highest BCUT2D eigenvalue weighted by molar-refractivity contribution is 6.35. The van der Waals surface area contributed by atoms with Crippen LogP contribution in [-0.4, -0.2) is 15.0 Å². The molecule has 0 aliphatic rings. The molecular weight excluding hydrogens is 209 g/mol. The average Bonchev–Trinajstić information content (AvgIpc) is 2.02. The SMILES string of the molecule is Cc1cnc2c(Cl)nc(Cl)nc2c1. The lowest BCUT2D eigenvalue weighted by Crippen LogP contribution is -1.90. The van der Waals surface area contributed by atoms with Crippen molar-refractivity contribution in [3.05, 3.63) is 28.3 Å². The molecule has 2 aromatic heterocycles. The third-order valence-electron chi connectivity index (χ3n) is 1.60. The van der Waals surface area contributed by atoms with Gasteiger partial charge in [-0.05, 0) is 30.2 Å². The molecule has 0 atom stereocenters. The van der Waals surface area contributed by atoms with Crippen LogP contribution in [0.2, 0.25) is 10.4 Å². The molecule has 0 N–H and O–H groups in total. The highest BCUT2D eigenvalue weighted by Crippen LogP contribution is 2.20. The first-order valence-corrected chi connectivity index (χ1v) is 4.38. The van der Waals surface area contributed by atoms with E-state index in [-0.39, 0.29) is 10.4 Å². The number of aryl methyl sites for hydroxylation is 1. The fourth-order valence-electron chi connectivity index (χ4n) is 1.06. The Morgan fingerprint density at radius 1 is 1.23 bits per heavy atom. The van der Waals surface area contributed by atoms with Crippen LogP contribution in [0.5, 0.6) is 0 Å². The summed E-state index contributed by atoms with van der Waals surface area (Å²) < 4.78 is 0. The fraction of sp³-hybridized carbons (Fsp3) is 0.125. The van der Waals surface area contributed by atoms with Gasteiger partial charge in [0.15, 0.2) is 5.15 Å². The van der Waals surface area contributed by atoms with Crippen molar-refractivity contribution in [1.29, 1.82) is 0 Å². The average molecular weight is 214 g/mol. The first kappa shape index (κ1) is 8.66. The van der Waals surface area contributed by atoms with Gasteiger partial charge in [0.2, 0.25) is 5.28 Å². The molecule has 2 aromatic rings. The van der Waals surface area contributed by atoms with Gasteiger partial charge in [0.05, 0.1) is 5.52 Å². The van der Waals surface area contributed by atoms with Gasteiger partial charge in [-0.25, -0.2) is 9.97 Å². The second-order valence-electron chi connectivity index (χ2n) is 2.66. The Labute approximate surface area is 84.7 Å². The van der Waals surface area contributed by atoms with Crippen LogP contribution in [0.1, 0.15) is 5.56 Å². The lowest BCUT2D eigenvalue weighted by Gasteiger charge is -1.99. The molecule has 0 fully saturated rings. The first-order chi connectivity index (χ1) is 6.16. The summed E-state index contributed by atoms with van der Waals surface area (Å²) in [7, 11) is 0. The Morgan fingerprint density at radius 3 is 2.77 bits per heavy atom. The van der Waals surface area contributed by atoms with Gasteiger partial charge in [0.25, 0.3) is 0 Å². The molecule has 0 saturated carbocycles. The summed E-state index contributed by atoms with van der Waals surface area (Å²) in [5, 5.41) is 0.430. The van der Waals surface area contributed by atoms with Crippen LogP contribution in [-0.2, 0) is 0 Å². The van der Waals surface area contributed by atoms with Gasteiger partial charge in [-0.3, -0.25) is 4.98 Å². The minimum absolute atomic E-state index is 0.143. The van der Waals surface area contributed by atoms with Crippen LogP contribution in [0.3, 0.4) is 0 Å². The van der Waals surface area contributed by atoms with Gasteiger partial charge in [-0.2, -0.15) is 0 Å². The molecule has 0 radical (unpaired) electrons. The lowest BCUT2D eigenvalue weighted by molar-refractivity contribution is 1.19. The Balaban J connectivity index is 2.86. The molecule has 2 heterocycles. The Morgan fingerprint density at radius 2 is 2.00 bits per heavy atom. The van der Waals surface area contributed by atoms with E-state index < -0.39 is 0 Å². The molecule has 0 spiro atoms. The predicted octanol–water partition coefficient (Wildman–Crippen LogP) is 2.64. The summed E-state index contributed by atoms with van der Waals surface area (Å²) in [4.78, 5) is 11.9. The van der Waals surface area contributed by atoms with Crippen LogP contribution in [0, 0.1) is 6.92 Å². The maximum absolute atomic E-state index is 5.82. The number of fused-ring (bicyclic) bond motifs is 1. The zero-order valence-corrected chi connectivity index (χ0v) is 8.26. The predicted molar refractivity (Wildman–Crippen MR) is 52.1 cm³/mol. The number of aromatic nitrogens is 3. The number of hydrogen-bond acceptors (Lipinski definition) is 3. The van der Waals surface area contributed by atoms with E-state index in [0.717, 1.165) is 5.56 Å². The molecule has 13 heavy (non-hydrogen) atoms. The number of halogens is 2. The molecule has 0 aliphatic heterocycles. The van der Waals surface area contributed by atoms with E-state index in [1.165, 1.54) is 0 Å². The summed E-state index contributed by atoms with van der Waals surface area (Å²) in [6.45, 7) is 1.93. The third-order valence-corrected chi connectivity index (χ3v) is 2.04. The smallest absolute Gasteiger partial charge is 0.224 e. The van der Waals surface area contributed by atoms with Crippen molar-refractivity contribution in [1.82, 2.24) is 15.0 Å². The number of rotatable bonds is 0. The summed E-state index contributed by atoms with van der Waals surface area (Å²) in [5.74, 6) is 0. The zero-order valence-electron chi connectivity index (χ0n) is 6.75. The highest BCUT2D eigenvalue weighted by Gasteiger charge is 2.05. The van der Waals surface area contributed by atoms with Crippen LogP contribution in [0.15, 0.2) is 12.3 Å². The molecular formula is C8H5Cl2N3. The lowest BCUT2D eigenvalue weighted by atomic mass is 10.3. The zero-order chi connectivity index (χ0) is 9.42. The van der Waals surface area contributed by atoms with Gasteiger partial charge in [-0.1, -0.05) is 11.6 Å². The quantitative estimate of drug-likeness (QED) is 0.499. The van der Waals surface area contributed by atoms with E-state index in [4.69, 9.17) is 23.2 Å². The minimum atomic E-state index is 0.143. The monoisotopic (exact) mass is 213 g/mol. The number of nitrogens with zero attached hydrogens (tertiary/aromatic N) is 3. The molecule has 0 aromatic carbocycles. The van der Waals surface area contributed by atoms with E-state index in [1.807, 2.05) is 13.0 Å². The van der Waals surface area contributed by atoms with Crippen LogP contribution < -0.4 is 0 Å². The van der Waals surface area contributed by atoms with Gasteiger partial charge < -0.3 is 0 Å².